The number of thiophene rings is 1. The summed E-state index contributed by atoms with van der Waals surface area (Å²) in [5.41, 5.74) is 11.1. The zero-order valence-electron chi connectivity index (χ0n) is 31.9. The second kappa shape index (κ2) is 14.7. The number of anilines is 6. The average Bonchev–Trinajstić information content (AvgIpc) is 3.67. The highest BCUT2D eigenvalue weighted by molar-refractivity contribution is 7.25. The molecule has 1 aliphatic rings. The minimum Gasteiger partial charge on any atom is -0.450 e. The maximum absolute atomic E-state index is 6.41. The topological polar surface area (TPSA) is 24.9 Å². The lowest BCUT2D eigenvalue weighted by Gasteiger charge is -2.28. The van der Waals surface area contributed by atoms with Crippen LogP contribution in [0.4, 0.5) is 34.1 Å². The third-order valence-corrected chi connectivity index (χ3v) is 12.0. The highest BCUT2D eigenvalue weighted by Crippen LogP contribution is 2.49. The molecule has 1 aromatic heterocycles. The van der Waals surface area contributed by atoms with Gasteiger partial charge in [-0.1, -0.05) is 121 Å². The summed E-state index contributed by atoms with van der Waals surface area (Å²) >= 11 is 1.82. The van der Waals surface area contributed by atoms with Crippen LogP contribution in [0.15, 0.2) is 218 Å². The zero-order valence-corrected chi connectivity index (χ0v) is 32.7. The minimum absolute atomic E-state index is 0.679. The molecule has 59 heavy (non-hydrogen) atoms. The molecule has 280 valence electrons. The van der Waals surface area contributed by atoms with Gasteiger partial charge in [0.1, 0.15) is 0 Å². The first-order chi connectivity index (χ1) is 29.2. The maximum atomic E-state index is 6.41. The summed E-state index contributed by atoms with van der Waals surface area (Å²) in [5.74, 6) is 2.79. The molecule has 2 heterocycles. The van der Waals surface area contributed by atoms with E-state index in [1.807, 2.05) is 41.7 Å². The Morgan fingerprint density at radius 1 is 0.271 bits per heavy atom. The van der Waals surface area contributed by atoms with Crippen LogP contribution in [-0.4, -0.2) is 0 Å². The molecule has 0 bridgehead atoms. The minimum atomic E-state index is 0.679. The van der Waals surface area contributed by atoms with Crippen molar-refractivity contribution in [2.45, 2.75) is 0 Å². The molecule has 11 rings (SSSR count). The Kier molecular flexibility index (Phi) is 8.64. The van der Waals surface area contributed by atoms with E-state index < -0.39 is 0 Å². The first-order valence-corrected chi connectivity index (χ1v) is 20.5. The number of hydrogen-bond donors (Lipinski definition) is 0. The number of nitrogens with zero attached hydrogens (tertiary/aromatic N) is 2. The van der Waals surface area contributed by atoms with Crippen molar-refractivity contribution in [3.63, 3.8) is 0 Å². The molecule has 0 saturated heterocycles. The van der Waals surface area contributed by atoms with E-state index in [9.17, 15) is 0 Å². The molecule has 9 aromatic carbocycles. The second-order valence-electron chi connectivity index (χ2n) is 14.6. The van der Waals surface area contributed by atoms with Gasteiger partial charge < -0.3 is 19.3 Å². The van der Waals surface area contributed by atoms with Gasteiger partial charge in [0, 0.05) is 54.7 Å². The van der Waals surface area contributed by atoms with Crippen molar-refractivity contribution in [1.29, 1.82) is 0 Å². The standard InChI is InChI=1S/C54H36N2O2S/c1-4-13-37(14-5-1)39-23-25-42(26-24-39)55(41-18-8-3-9-19-41)44-29-32-53-48(34-44)47-30-27-46(36-54(47)59-53)56(43-20-12-17-40(33-43)38-15-6-2-7-16-38)45-28-31-51-52(35-45)58-50-22-11-10-21-49(50)57-51/h1-36H. The molecule has 4 nitrogen and oxygen atoms in total. The molecule has 0 radical (unpaired) electrons. The summed E-state index contributed by atoms with van der Waals surface area (Å²) in [7, 11) is 0. The summed E-state index contributed by atoms with van der Waals surface area (Å²) in [6.45, 7) is 0. The van der Waals surface area contributed by atoms with Gasteiger partial charge in [-0.3, -0.25) is 0 Å². The first kappa shape index (κ1) is 34.6. The normalized spacial score (nSPS) is 11.7. The zero-order chi connectivity index (χ0) is 39.1. The summed E-state index contributed by atoms with van der Waals surface area (Å²) in [6, 6.07) is 76.9. The predicted octanol–water partition coefficient (Wildman–Crippen LogP) is 16.2. The Labute approximate surface area is 347 Å². The number of ether oxygens (including phenoxy) is 2. The van der Waals surface area contributed by atoms with Crippen molar-refractivity contribution >= 4 is 65.6 Å². The van der Waals surface area contributed by atoms with Crippen LogP contribution in [-0.2, 0) is 0 Å². The van der Waals surface area contributed by atoms with Crippen LogP contribution in [0, 0.1) is 0 Å². The highest BCUT2D eigenvalue weighted by atomic mass is 32.1. The molecule has 0 aliphatic carbocycles. The van der Waals surface area contributed by atoms with Gasteiger partial charge in [-0.2, -0.15) is 0 Å². The van der Waals surface area contributed by atoms with Crippen molar-refractivity contribution in [3.8, 4) is 45.3 Å². The van der Waals surface area contributed by atoms with Crippen molar-refractivity contribution < 1.29 is 9.47 Å². The Bertz CT molecular complexity index is 3110. The van der Waals surface area contributed by atoms with E-state index in [2.05, 4.69) is 198 Å². The predicted molar refractivity (Wildman–Crippen MR) is 246 cm³/mol. The van der Waals surface area contributed by atoms with Gasteiger partial charge in [0.15, 0.2) is 23.0 Å². The summed E-state index contributed by atoms with van der Waals surface area (Å²) in [5, 5.41) is 2.45. The molecule has 0 atom stereocenters. The average molecular weight is 777 g/mol. The number of benzene rings is 9. The van der Waals surface area contributed by atoms with Crippen molar-refractivity contribution in [2.75, 3.05) is 9.80 Å². The fourth-order valence-electron chi connectivity index (χ4n) is 8.05. The highest BCUT2D eigenvalue weighted by Gasteiger charge is 2.23. The Hall–Kier alpha value is -7.60. The SMILES string of the molecule is c1ccc(-c2ccc(N(c3ccccc3)c3ccc4sc5cc(N(c6cccc(-c7ccccc7)c6)c6ccc7c(c6)Oc6ccccc6O7)ccc5c4c3)cc2)cc1. The van der Waals surface area contributed by atoms with E-state index in [0.717, 1.165) is 39.7 Å². The fourth-order valence-corrected chi connectivity index (χ4v) is 9.17. The second-order valence-corrected chi connectivity index (χ2v) is 15.7. The number of fused-ring (bicyclic) bond motifs is 5. The van der Waals surface area contributed by atoms with Gasteiger partial charge in [0.25, 0.3) is 0 Å². The van der Waals surface area contributed by atoms with Crippen LogP contribution < -0.4 is 19.3 Å². The molecular formula is C54H36N2O2S. The smallest absolute Gasteiger partial charge is 0.172 e. The molecule has 0 spiro atoms. The van der Waals surface area contributed by atoms with Crippen LogP contribution in [0.25, 0.3) is 42.4 Å². The molecule has 5 heteroatoms. The van der Waals surface area contributed by atoms with E-state index in [1.165, 1.54) is 36.9 Å². The van der Waals surface area contributed by atoms with Gasteiger partial charge in [0.05, 0.1) is 5.69 Å². The number of para-hydroxylation sites is 3. The molecule has 0 fully saturated rings. The summed E-state index contributed by atoms with van der Waals surface area (Å²) in [6.07, 6.45) is 0. The molecular weight excluding hydrogens is 741 g/mol. The first-order valence-electron chi connectivity index (χ1n) is 19.7. The van der Waals surface area contributed by atoms with Crippen LogP contribution in [0.2, 0.25) is 0 Å². The Balaban J connectivity index is 1.01. The summed E-state index contributed by atoms with van der Waals surface area (Å²) < 4.78 is 15.1. The fraction of sp³-hybridized carbons (Fsp3) is 0. The molecule has 0 amide bonds. The molecule has 10 aromatic rings. The van der Waals surface area contributed by atoms with Crippen molar-refractivity contribution in [3.05, 3.63) is 218 Å². The van der Waals surface area contributed by atoms with Gasteiger partial charge in [-0.15, -0.1) is 11.3 Å². The lowest BCUT2D eigenvalue weighted by Crippen LogP contribution is -2.10. The molecule has 0 N–H and O–H groups in total. The van der Waals surface area contributed by atoms with Crippen LogP contribution in [0.1, 0.15) is 0 Å². The molecule has 1 aliphatic heterocycles. The van der Waals surface area contributed by atoms with Crippen molar-refractivity contribution in [1.82, 2.24) is 0 Å². The van der Waals surface area contributed by atoms with E-state index in [0.29, 0.717) is 23.0 Å². The molecule has 0 unspecified atom stereocenters. The van der Waals surface area contributed by atoms with Gasteiger partial charge in [0.2, 0.25) is 0 Å². The Morgan fingerprint density at radius 2 is 0.746 bits per heavy atom. The number of hydrogen-bond acceptors (Lipinski definition) is 5. The van der Waals surface area contributed by atoms with Crippen LogP contribution in [0.3, 0.4) is 0 Å². The Morgan fingerprint density at radius 3 is 1.49 bits per heavy atom. The third kappa shape index (κ3) is 6.54. The van der Waals surface area contributed by atoms with Crippen LogP contribution in [0.5, 0.6) is 23.0 Å². The van der Waals surface area contributed by atoms with E-state index >= 15 is 0 Å². The maximum Gasteiger partial charge on any atom is 0.172 e. The monoisotopic (exact) mass is 776 g/mol. The number of rotatable bonds is 8. The van der Waals surface area contributed by atoms with Gasteiger partial charge in [-0.25, -0.2) is 0 Å². The van der Waals surface area contributed by atoms with Crippen molar-refractivity contribution in [2.24, 2.45) is 0 Å². The lowest BCUT2D eigenvalue weighted by atomic mass is 10.0. The molecule has 0 saturated carbocycles. The largest absolute Gasteiger partial charge is 0.450 e. The van der Waals surface area contributed by atoms with Gasteiger partial charge >= 0.3 is 0 Å². The van der Waals surface area contributed by atoms with E-state index in [1.54, 1.807) is 0 Å². The quantitative estimate of drug-likeness (QED) is 0.153. The van der Waals surface area contributed by atoms with E-state index in [-0.39, 0.29) is 0 Å². The van der Waals surface area contributed by atoms with Crippen LogP contribution >= 0.6 is 11.3 Å². The summed E-state index contributed by atoms with van der Waals surface area (Å²) in [4.78, 5) is 4.65. The third-order valence-electron chi connectivity index (χ3n) is 10.9. The van der Waals surface area contributed by atoms with Gasteiger partial charge in [-0.05, 0) is 113 Å². The lowest BCUT2D eigenvalue weighted by molar-refractivity contribution is 0.360. The van der Waals surface area contributed by atoms with E-state index in [4.69, 9.17) is 9.47 Å².